The van der Waals surface area contributed by atoms with E-state index in [0.29, 0.717) is 12.3 Å². The molecule has 2 unspecified atom stereocenters. The molecule has 18 heavy (non-hydrogen) atoms. The number of rotatable bonds is 7. The van der Waals surface area contributed by atoms with Gasteiger partial charge in [0.25, 0.3) is 0 Å². The Morgan fingerprint density at radius 2 is 2.06 bits per heavy atom. The van der Waals surface area contributed by atoms with Gasteiger partial charge in [0.15, 0.2) is 0 Å². The predicted octanol–water partition coefficient (Wildman–Crippen LogP) is 2.47. The Hall–Kier alpha value is -1.13. The molecule has 0 saturated heterocycles. The minimum Gasteiger partial charge on any atom is -0.488 e. The molecule has 2 N–H and O–H groups in total. The van der Waals surface area contributed by atoms with E-state index in [-0.39, 0.29) is 11.9 Å². The van der Waals surface area contributed by atoms with E-state index in [2.05, 4.69) is 12.2 Å². The van der Waals surface area contributed by atoms with Crippen LogP contribution in [0.2, 0.25) is 0 Å². The van der Waals surface area contributed by atoms with Crippen LogP contribution in [0.15, 0.2) is 18.2 Å². The van der Waals surface area contributed by atoms with Crippen molar-refractivity contribution in [1.29, 1.82) is 0 Å². The van der Waals surface area contributed by atoms with Gasteiger partial charge in [0.2, 0.25) is 0 Å². The van der Waals surface area contributed by atoms with Crippen molar-refractivity contribution >= 4 is 0 Å². The number of hydrogen-bond acceptors (Lipinski definition) is 3. The van der Waals surface area contributed by atoms with Gasteiger partial charge in [0, 0.05) is 12.6 Å². The summed E-state index contributed by atoms with van der Waals surface area (Å²) in [6.45, 7) is 7.00. The van der Waals surface area contributed by atoms with Crippen LogP contribution in [0.4, 0.5) is 4.39 Å². The highest BCUT2D eigenvalue weighted by atomic mass is 19.1. The lowest BCUT2D eigenvalue weighted by molar-refractivity contribution is 0.0602. The zero-order valence-corrected chi connectivity index (χ0v) is 11.2. The molecule has 4 heteroatoms. The molecule has 2 atom stereocenters. The molecule has 0 aliphatic rings. The molecule has 1 rings (SSSR count). The van der Waals surface area contributed by atoms with Gasteiger partial charge in [0.05, 0.1) is 6.10 Å². The maximum Gasteiger partial charge on any atom is 0.127 e. The lowest BCUT2D eigenvalue weighted by Crippen LogP contribution is -2.25. The van der Waals surface area contributed by atoms with Crippen molar-refractivity contribution in [3.05, 3.63) is 29.6 Å². The molecule has 0 aliphatic carbocycles. The van der Waals surface area contributed by atoms with Gasteiger partial charge in [-0.2, -0.15) is 0 Å². The zero-order chi connectivity index (χ0) is 13.5. The minimum absolute atomic E-state index is 0.321. The third-order valence-electron chi connectivity index (χ3n) is 2.69. The second-order valence-electron chi connectivity index (χ2n) is 4.54. The summed E-state index contributed by atoms with van der Waals surface area (Å²) in [5.74, 6) is 0.135. The van der Waals surface area contributed by atoms with E-state index in [0.717, 1.165) is 18.5 Å². The highest BCUT2D eigenvalue weighted by Crippen LogP contribution is 2.18. The second kappa shape index (κ2) is 7.34. The molecule has 0 heterocycles. The molecule has 0 amide bonds. The summed E-state index contributed by atoms with van der Waals surface area (Å²) in [6, 6.07) is 4.62. The van der Waals surface area contributed by atoms with Crippen LogP contribution in [-0.4, -0.2) is 23.9 Å². The Kier molecular flexibility index (Phi) is 6.09. The van der Waals surface area contributed by atoms with Gasteiger partial charge in [0.1, 0.15) is 17.7 Å². The van der Waals surface area contributed by atoms with E-state index in [9.17, 15) is 9.50 Å². The number of halogens is 1. The van der Waals surface area contributed by atoms with Crippen LogP contribution in [-0.2, 0) is 6.54 Å². The Bertz CT molecular complexity index is 369. The number of nitrogens with one attached hydrogen (secondary N) is 1. The van der Waals surface area contributed by atoms with Crippen LogP contribution in [0.3, 0.4) is 0 Å². The molecule has 1 aromatic rings. The second-order valence-corrected chi connectivity index (χ2v) is 4.54. The van der Waals surface area contributed by atoms with E-state index in [4.69, 9.17) is 4.74 Å². The molecule has 0 bridgehead atoms. The normalized spacial score (nSPS) is 14.3. The molecule has 102 valence electrons. The average Bonchev–Trinajstić information content (AvgIpc) is 2.28. The summed E-state index contributed by atoms with van der Waals surface area (Å²) >= 11 is 0. The molecule has 0 spiro atoms. The van der Waals surface area contributed by atoms with Crippen LogP contribution in [0.1, 0.15) is 32.8 Å². The summed E-state index contributed by atoms with van der Waals surface area (Å²) in [5, 5.41) is 12.6. The van der Waals surface area contributed by atoms with Gasteiger partial charge < -0.3 is 15.2 Å². The summed E-state index contributed by atoms with van der Waals surface area (Å²) in [5.41, 5.74) is 0.844. The molecular weight excluding hydrogens is 233 g/mol. The van der Waals surface area contributed by atoms with Crippen molar-refractivity contribution in [2.45, 2.75) is 45.9 Å². The Balaban J connectivity index is 2.68. The van der Waals surface area contributed by atoms with Gasteiger partial charge in [-0.1, -0.05) is 6.92 Å². The minimum atomic E-state index is -0.588. The fourth-order valence-corrected chi connectivity index (χ4v) is 1.51. The Morgan fingerprint density at radius 3 is 2.67 bits per heavy atom. The van der Waals surface area contributed by atoms with Crippen LogP contribution in [0.5, 0.6) is 5.75 Å². The van der Waals surface area contributed by atoms with Crippen molar-refractivity contribution < 1.29 is 14.2 Å². The fraction of sp³-hybridized carbons (Fsp3) is 0.571. The van der Waals surface area contributed by atoms with Crippen LogP contribution < -0.4 is 10.1 Å². The molecule has 3 nitrogen and oxygen atoms in total. The predicted molar refractivity (Wildman–Crippen MR) is 70.2 cm³/mol. The first-order valence-corrected chi connectivity index (χ1v) is 6.37. The highest BCUT2D eigenvalue weighted by Gasteiger charge is 2.11. The summed E-state index contributed by atoms with van der Waals surface area (Å²) < 4.78 is 18.9. The first-order chi connectivity index (χ1) is 8.52. The fourth-order valence-electron chi connectivity index (χ4n) is 1.51. The maximum absolute atomic E-state index is 13.4. The summed E-state index contributed by atoms with van der Waals surface area (Å²) in [6.07, 6.45) is 0.0933. The van der Waals surface area contributed by atoms with Crippen molar-refractivity contribution in [1.82, 2.24) is 5.32 Å². The molecule has 0 saturated carbocycles. The lowest BCUT2D eigenvalue weighted by Gasteiger charge is -2.18. The van der Waals surface area contributed by atoms with Crippen molar-refractivity contribution in [2.24, 2.45) is 0 Å². The number of ether oxygens (including phenoxy) is 1. The smallest absolute Gasteiger partial charge is 0.127 e. The lowest BCUT2D eigenvalue weighted by atomic mass is 10.2. The summed E-state index contributed by atoms with van der Waals surface area (Å²) in [7, 11) is 0. The third kappa shape index (κ3) is 5.02. The van der Waals surface area contributed by atoms with Crippen LogP contribution >= 0.6 is 0 Å². The molecule has 0 fully saturated rings. The van der Waals surface area contributed by atoms with Crippen LogP contribution in [0, 0.1) is 5.82 Å². The number of hydrogen-bond donors (Lipinski definition) is 2. The van der Waals surface area contributed by atoms with Gasteiger partial charge in [-0.05, 0) is 44.5 Å². The van der Waals surface area contributed by atoms with E-state index in [1.165, 1.54) is 12.1 Å². The van der Waals surface area contributed by atoms with E-state index in [1.807, 2.05) is 0 Å². The Morgan fingerprint density at radius 1 is 1.33 bits per heavy atom. The van der Waals surface area contributed by atoms with Crippen molar-refractivity contribution in [3.63, 3.8) is 0 Å². The molecule has 0 aromatic heterocycles. The van der Waals surface area contributed by atoms with E-state index in [1.54, 1.807) is 19.9 Å². The first kappa shape index (κ1) is 14.9. The van der Waals surface area contributed by atoms with Gasteiger partial charge in [-0.3, -0.25) is 0 Å². The number of aliphatic hydroxyl groups is 1. The standard InChI is InChI=1S/C14H22FNO2/c1-4-5-16-9-12-6-13(15)8-14(7-12)18-11(3)10(2)17/h6-8,10-11,16-17H,4-5,9H2,1-3H3. The highest BCUT2D eigenvalue weighted by molar-refractivity contribution is 5.29. The quantitative estimate of drug-likeness (QED) is 0.735. The molecule has 0 radical (unpaired) electrons. The van der Waals surface area contributed by atoms with Crippen molar-refractivity contribution in [2.75, 3.05) is 6.54 Å². The van der Waals surface area contributed by atoms with E-state index < -0.39 is 6.10 Å². The monoisotopic (exact) mass is 255 g/mol. The van der Waals surface area contributed by atoms with Gasteiger partial charge >= 0.3 is 0 Å². The Labute approximate surface area is 108 Å². The van der Waals surface area contributed by atoms with Crippen molar-refractivity contribution in [3.8, 4) is 5.75 Å². The topological polar surface area (TPSA) is 41.5 Å². The molecule has 0 aliphatic heterocycles. The average molecular weight is 255 g/mol. The molecule has 1 aromatic carbocycles. The van der Waals surface area contributed by atoms with Crippen LogP contribution in [0.25, 0.3) is 0 Å². The summed E-state index contributed by atoms with van der Waals surface area (Å²) in [4.78, 5) is 0. The maximum atomic E-state index is 13.4. The number of benzene rings is 1. The third-order valence-corrected chi connectivity index (χ3v) is 2.69. The van der Waals surface area contributed by atoms with E-state index >= 15 is 0 Å². The molecular formula is C14H22FNO2. The van der Waals surface area contributed by atoms with Gasteiger partial charge in [-0.15, -0.1) is 0 Å². The SMILES string of the molecule is CCCNCc1cc(F)cc(OC(C)C(C)O)c1. The zero-order valence-electron chi connectivity index (χ0n) is 11.2. The number of aliphatic hydroxyl groups excluding tert-OH is 1. The first-order valence-electron chi connectivity index (χ1n) is 6.37. The largest absolute Gasteiger partial charge is 0.488 e. The van der Waals surface area contributed by atoms with Gasteiger partial charge in [-0.25, -0.2) is 4.39 Å².